The fraction of sp³-hybridized carbons (Fsp3) is 0.424. The van der Waals surface area contributed by atoms with Crippen molar-refractivity contribution in [1.29, 1.82) is 0 Å². The van der Waals surface area contributed by atoms with Gasteiger partial charge in [0.05, 0.1) is 0 Å². The third kappa shape index (κ3) is 8.17. The standard InChI is InChI=1S/C33H43N3O2/c1-3-35(4-2)23-13-21-34-33(37)29-18-11-19-30(24-29)38-31-20-12-22-36(25-31)26-32(27-14-7-5-8-15-27)28-16-9-6-10-17-28/h5-11,14-19,24,31-32H,3-4,12-13,20-23,25-26H2,1-2H3,(H,34,37). The van der Waals surface area contributed by atoms with Crippen molar-refractivity contribution in [1.82, 2.24) is 15.1 Å². The monoisotopic (exact) mass is 513 g/mol. The summed E-state index contributed by atoms with van der Waals surface area (Å²) in [6.07, 6.45) is 3.20. The molecular formula is C33H43N3O2. The highest BCUT2D eigenvalue weighted by Gasteiger charge is 2.25. The zero-order valence-corrected chi connectivity index (χ0v) is 23.0. The van der Waals surface area contributed by atoms with Crippen molar-refractivity contribution in [2.45, 2.75) is 45.1 Å². The van der Waals surface area contributed by atoms with Crippen LogP contribution in [0.25, 0.3) is 0 Å². The summed E-state index contributed by atoms with van der Waals surface area (Å²) in [7, 11) is 0. The number of benzene rings is 3. The second kappa shape index (κ2) is 14.7. The molecule has 0 bridgehead atoms. The lowest BCUT2D eigenvalue weighted by Gasteiger charge is -2.35. The van der Waals surface area contributed by atoms with Crippen LogP contribution in [-0.2, 0) is 0 Å². The van der Waals surface area contributed by atoms with Crippen LogP contribution in [-0.4, -0.2) is 67.6 Å². The summed E-state index contributed by atoms with van der Waals surface area (Å²) in [6.45, 7) is 11.0. The van der Waals surface area contributed by atoms with Gasteiger partial charge in [-0.25, -0.2) is 0 Å². The van der Waals surface area contributed by atoms with Gasteiger partial charge in [0, 0.05) is 31.1 Å². The summed E-state index contributed by atoms with van der Waals surface area (Å²) in [6, 6.07) is 29.2. The average Bonchev–Trinajstić information content (AvgIpc) is 2.97. The lowest BCUT2D eigenvalue weighted by molar-refractivity contribution is 0.0861. The molecule has 0 saturated carbocycles. The first-order chi connectivity index (χ1) is 18.7. The maximum Gasteiger partial charge on any atom is 0.251 e. The number of carbonyl (C=O) groups excluding carboxylic acids is 1. The zero-order chi connectivity index (χ0) is 26.6. The molecule has 202 valence electrons. The molecule has 1 fully saturated rings. The van der Waals surface area contributed by atoms with Crippen LogP contribution in [0.4, 0.5) is 0 Å². The Morgan fingerprint density at radius 3 is 2.32 bits per heavy atom. The van der Waals surface area contributed by atoms with Crippen molar-refractivity contribution in [3.63, 3.8) is 0 Å². The number of nitrogens with zero attached hydrogens (tertiary/aromatic N) is 2. The van der Waals surface area contributed by atoms with Gasteiger partial charge in [-0.05, 0) is 74.8 Å². The number of hydrogen-bond donors (Lipinski definition) is 1. The van der Waals surface area contributed by atoms with E-state index in [0.29, 0.717) is 18.0 Å². The van der Waals surface area contributed by atoms with Gasteiger partial charge in [0.15, 0.2) is 0 Å². The van der Waals surface area contributed by atoms with Crippen molar-refractivity contribution >= 4 is 5.91 Å². The molecule has 1 aliphatic heterocycles. The van der Waals surface area contributed by atoms with E-state index >= 15 is 0 Å². The number of likely N-dealkylation sites (tertiary alicyclic amines) is 1. The molecule has 1 amide bonds. The number of carbonyl (C=O) groups is 1. The fourth-order valence-corrected chi connectivity index (χ4v) is 5.36. The first-order valence-corrected chi connectivity index (χ1v) is 14.3. The van der Waals surface area contributed by atoms with Crippen molar-refractivity contribution in [3.05, 3.63) is 102 Å². The first-order valence-electron chi connectivity index (χ1n) is 14.3. The Morgan fingerprint density at radius 2 is 1.66 bits per heavy atom. The van der Waals surface area contributed by atoms with Crippen molar-refractivity contribution < 1.29 is 9.53 Å². The molecule has 38 heavy (non-hydrogen) atoms. The van der Waals surface area contributed by atoms with Crippen molar-refractivity contribution in [3.8, 4) is 5.75 Å². The largest absolute Gasteiger partial charge is 0.489 e. The summed E-state index contributed by atoms with van der Waals surface area (Å²) in [5.41, 5.74) is 3.35. The summed E-state index contributed by atoms with van der Waals surface area (Å²) in [5.74, 6) is 1.06. The molecule has 0 radical (unpaired) electrons. The molecule has 1 aliphatic rings. The first kappa shape index (κ1) is 27.9. The van der Waals surface area contributed by atoms with Crippen LogP contribution >= 0.6 is 0 Å². The van der Waals surface area contributed by atoms with E-state index in [4.69, 9.17) is 4.74 Å². The van der Waals surface area contributed by atoms with Crippen LogP contribution in [0.5, 0.6) is 5.75 Å². The Morgan fingerprint density at radius 1 is 0.974 bits per heavy atom. The topological polar surface area (TPSA) is 44.8 Å². The molecule has 1 saturated heterocycles. The van der Waals surface area contributed by atoms with Crippen LogP contribution in [0.2, 0.25) is 0 Å². The van der Waals surface area contributed by atoms with E-state index in [2.05, 4.69) is 89.6 Å². The highest BCUT2D eigenvalue weighted by atomic mass is 16.5. The molecule has 5 nitrogen and oxygen atoms in total. The zero-order valence-electron chi connectivity index (χ0n) is 23.0. The van der Waals surface area contributed by atoms with Crippen molar-refractivity contribution in [2.24, 2.45) is 0 Å². The Hall–Kier alpha value is -3.15. The van der Waals surface area contributed by atoms with Crippen LogP contribution < -0.4 is 10.1 Å². The van der Waals surface area contributed by atoms with Gasteiger partial charge in [0.25, 0.3) is 5.91 Å². The average molecular weight is 514 g/mol. The summed E-state index contributed by atoms with van der Waals surface area (Å²) in [5, 5.41) is 3.06. The summed E-state index contributed by atoms with van der Waals surface area (Å²) in [4.78, 5) is 17.6. The highest BCUT2D eigenvalue weighted by Crippen LogP contribution is 2.28. The number of piperidine rings is 1. The van der Waals surface area contributed by atoms with E-state index in [0.717, 1.165) is 64.3 Å². The van der Waals surface area contributed by atoms with Crippen LogP contribution in [0.15, 0.2) is 84.9 Å². The molecular weight excluding hydrogens is 470 g/mol. The predicted octanol–water partition coefficient (Wildman–Crippen LogP) is 5.82. The number of rotatable bonds is 13. The minimum absolute atomic E-state index is 0.0335. The second-order valence-corrected chi connectivity index (χ2v) is 10.2. The highest BCUT2D eigenvalue weighted by molar-refractivity contribution is 5.94. The number of nitrogens with one attached hydrogen (secondary N) is 1. The van der Waals surface area contributed by atoms with E-state index in [1.165, 1.54) is 11.1 Å². The Labute approximate surface area is 228 Å². The van der Waals surface area contributed by atoms with Gasteiger partial charge in [0.2, 0.25) is 0 Å². The minimum Gasteiger partial charge on any atom is -0.489 e. The molecule has 5 heteroatoms. The van der Waals surface area contributed by atoms with Gasteiger partial charge in [-0.15, -0.1) is 0 Å². The van der Waals surface area contributed by atoms with Gasteiger partial charge < -0.3 is 15.0 Å². The number of ether oxygens (including phenoxy) is 1. The molecule has 1 atom stereocenters. The maximum atomic E-state index is 12.7. The van der Waals surface area contributed by atoms with Crippen LogP contribution in [0.3, 0.4) is 0 Å². The molecule has 4 rings (SSSR count). The van der Waals surface area contributed by atoms with Crippen molar-refractivity contribution in [2.75, 3.05) is 45.8 Å². The smallest absolute Gasteiger partial charge is 0.251 e. The van der Waals surface area contributed by atoms with Crippen LogP contribution in [0.1, 0.15) is 60.5 Å². The lowest BCUT2D eigenvalue weighted by Crippen LogP contribution is -2.43. The van der Waals surface area contributed by atoms with E-state index in [9.17, 15) is 4.79 Å². The molecule has 0 aromatic heterocycles. The number of amides is 1. The van der Waals surface area contributed by atoms with Gasteiger partial charge in [0.1, 0.15) is 11.9 Å². The van der Waals surface area contributed by atoms with Gasteiger partial charge in [-0.3, -0.25) is 9.69 Å². The number of hydrogen-bond acceptors (Lipinski definition) is 4. The second-order valence-electron chi connectivity index (χ2n) is 10.2. The molecule has 1 unspecified atom stereocenters. The quantitative estimate of drug-likeness (QED) is 0.292. The molecule has 0 aliphatic carbocycles. The maximum absolute atomic E-state index is 12.7. The van der Waals surface area contributed by atoms with Gasteiger partial charge in [-0.1, -0.05) is 80.6 Å². The molecule has 1 N–H and O–H groups in total. The summed E-state index contributed by atoms with van der Waals surface area (Å²) >= 11 is 0. The molecule has 3 aromatic carbocycles. The van der Waals surface area contributed by atoms with E-state index in [1.807, 2.05) is 24.3 Å². The van der Waals surface area contributed by atoms with E-state index in [-0.39, 0.29) is 12.0 Å². The predicted molar refractivity (Wildman–Crippen MR) is 156 cm³/mol. The normalized spacial score (nSPS) is 16.1. The summed E-state index contributed by atoms with van der Waals surface area (Å²) < 4.78 is 6.43. The molecule has 1 heterocycles. The lowest BCUT2D eigenvalue weighted by atomic mass is 9.90. The Kier molecular flexibility index (Phi) is 10.8. The van der Waals surface area contributed by atoms with Crippen LogP contribution in [0, 0.1) is 0 Å². The molecule has 3 aromatic rings. The van der Waals surface area contributed by atoms with Gasteiger partial charge >= 0.3 is 0 Å². The third-order valence-corrected chi connectivity index (χ3v) is 7.54. The Bertz CT molecular complexity index is 1060. The van der Waals surface area contributed by atoms with Gasteiger partial charge in [-0.2, -0.15) is 0 Å². The fourth-order valence-electron chi connectivity index (χ4n) is 5.36. The molecule has 0 spiro atoms. The van der Waals surface area contributed by atoms with E-state index < -0.39 is 0 Å². The SMILES string of the molecule is CCN(CC)CCCNC(=O)c1cccc(OC2CCCN(CC(c3ccccc3)c3ccccc3)C2)c1. The minimum atomic E-state index is -0.0335. The third-order valence-electron chi connectivity index (χ3n) is 7.54. The van der Waals surface area contributed by atoms with E-state index in [1.54, 1.807) is 0 Å². The Balaban J connectivity index is 1.33.